The second kappa shape index (κ2) is 5.70. The summed E-state index contributed by atoms with van der Waals surface area (Å²) in [6.07, 6.45) is -0.968. The largest absolute Gasteiger partial charge is 0.410 e. The summed E-state index contributed by atoms with van der Waals surface area (Å²) in [5.74, 6) is -0.649. The van der Waals surface area contributed by atoms with E-state index in [0.717, 1.165) is 16.9 Å². The van der Waals surface area contributed by atoms with Gasteiger partial charge in [0, 0.05) is 11.8 Å². The van der Waals surface area contributed by atoms with E-state index in [1.165, 1.54) is 19.1 Å². The Kier molecular flexibility index (Phi) is 3.99. The number of thiophene rings is 1. The van der Waals surface area contributed by atoms with Crippen molar-refractivity contribution in [3.63, 3.8) is 0 Å². The molecule has 0 spiro atoms. The molecule has 0 radical (unpaired) electrons. The molecule has 0 bridgehead atoms. The number of benzene rings is 1. The maximum atomic E-state index is 12.9. The predicted octanol–water partition coefficient (Wildman–Crippen LogP) is 2.97. The van der Waals surface area contributed by atoms with Crippen LogP contribution in [0.15, 0.2) is 30.3 Å². The lowest BCUT2D eigenvalue weighted by molar-refractivity contribution is -0.114. The standard InChI is InChI=1S/C13H11FN2O3S/c1-7(17)16-10-6-11(20-12(10)19-13(15)18)8-2-4-9(14)5-3-8/h2-6H,1H3,(H2,15,18)(H,16,17). The molecule has 0 aliphatic rings. The summed E-state index contributed by atoms with van der Waals surface area (Å²) in [6.45, 7) is 1.34. The first-order valence-corrected chi connectivity index (χ1v) is 6.42. The van der Waals surface area contributed by atoms with Crippen molar-refractivity contribution in [2.45, 2.75) is 6.92 Å². The van der Waals surface area contributed by atoms with Gasteiger partial charge in [0.25, 0.3) is 0 Å². The van der Waals surface area contributed by atoms with Crippen LogP contribution in [0.3, 0.4) is 0 Å². The molecule has 0 saturated carbocycles. The number of carbonyl (C=O) groups excluding carboxylic acids is 2. The van der Waals surface area contributed by atoms with Gasteiger partial charge in [-0.3, -0.25) is 4.79 Å². The maximum absolute atomic E-state index is 12.9. The molecule has 20 heavy (non-hydrogen) atoms. The minimum atomic E-state index is -0.968. The highest BCUT2D eigenvalue weighted by molar-refractivity contribution is 7.18. The molecule has 0 fully saturated rings. The third-order valence-corrected chi connectivity index (χ3v) is 3.39. The number of halogens is 1. The molecule has 0 aliphatic carbocycles. The Morgan fingerprint density at radius 1 is 1.30 bits per heavy atom. The molecule has 2 rings (SSSR count). The van der Waals surface area contributed by atoms with E-state index in [1.807, 2.05) is 0 Å². The third kappa shape index (κ3) is 3.33. The van der Waals surface area contributed by atoms with E-state index in [9.17, 15) is 14.0 Å². The van der Waals surface area contributed by atoms with E-state index in [4.69, 9.17) is 10.5 Å². The number of carbonyl (C=O) groups is 2. The van der Waals surface area contributed by atoms with Crippen LogP contribution in [0, 0.1) is 5.82 Å². The first-order chi connectivity index (χ1) is 9.45. The van der Waals surface area contributed by atoms with Crippen LogP contribution in [-0.2, 0) is 4.79 Å². The molecular weight excluding hydrogens is 283 g/mol. The van der Waals surface area contributed by atoms with Crippen LogP contribution in [0.5, 0.6) is 5.06 Å². The highest BCUT2D eigenvalue weighted by Gasteiger charge is 2.15. The zero-order chi connectivity index (χ0) is 14.7. The van der Waals surface area contributed by atoms with Crippen LogP contribution in [-0.4, -0.2) is 12.0 Å². The average molecular weight is 294 g/mol. The number of nitrogens with one attached hydrogen (secondary N) is 1. The number of hydrogen-bond acceptors (Lipinski definition) is 4. The molecule has 3 N–H and O–H groups in total. The Bertz CT molecular complexity index is 619. The van der Waals surface area contributed by atoms with Crippen LogP contribution < -0.4 is 15.8 Å². The number of amides is 2. The molecule has 1 heterocycles. The van der Waals surface area contributed by atoms with Crippen LogP contribution in [0.25, 0.3) is 10.4 Å². The molecule has 0 atom stereocenters. The minimum Gasteiger partial charge on any atom is -0.397 e. The molecule has 7 heteroatoms. The van der Waals surface area contributed by atoms with E-state index >= 15 is 0 Å². The van der Waals surface area contributed by atoms with E-state index < -0.39 is 6.09 Å². The van der Waals surface area contributed by atoms with Crippen molar-refractivity contribution < 1.29 is 18.7 Å². The second-order valence-electron chi connectivity index (χ2n) is 3.92. The van der Waals surface area contributed by atoms with E-state index in [-0.39, 0.29) is 16.8 Å². The Labute approximate surface area is 118 Å². The number of nitrogens with two attached hydrogens (primary N) is 1. The van der Waals surface area contributed by atoms with Crippen molar-refractivity contribution in [3.05, 3.63) is 36.1 Å². The number of hydrogen-bond donors (Lipinski definition) is 2. The molecule has 0 unspecified atom stereocenters. The van der Waals surface area contributed by atoms with Crippen molar-refractivity contribution in [2.24, 2.45) is 5.73 Å². The Morgan fingerprint density at radius 2 is 1.95 bits per heavy atom. The van der Waals surface area contributed by atoms with Gasteiger partial charge in [-0.05, 0) is 23.8 Å². The van der Waals surface area contributed by atoms with Crippen molar-refractivity contribution in [2.75, 3.05) is 5.32 Å². The molecule has 5 nitrogen and oxygen atoms in total. The minimum absolute atomic E-state index is 0.187. The average Bonchev–Trinajstić information content (AvgIpc) is 2.71. The molecule has 0 saturated heterocycles. The smallest absolute Gasteiger partial charge is 0.397 e. The number of primary amides is 1. The number of ether oxygens (including phenoxy) is 1. The topological polar surface area (TPSA) is 81.4 Å². The fraction of sp³-hybridized carbons (Fsp3) is 0.0769. The van der Waals surface area contributed by atoms with Gasteiger partial charge in [-0.15, -0.1) is 0 Å². The second-order valence-corrected chi connectivity index (χ2v) is 4.94. The van der Waals surface area contributed by atoms with Gasteiger partial charge in [-0.1, -0.05) is 23.5 Å². The van der Waals surface area contributed by atoms with Crippen molar-refractivity contribution in [3.8, 4) is 15.5 Å². The fourth-order valence-corrected chi connectivity index (χ4v) is 2.55. The Hall–Kier alpha value is -2.41. The van der Waals surface area contributed by atoms with Gasteiger partial charge in [0.1, 0.15) is 5.82 Å². The normalized spacial score (nSPS) is 10.1. The van der Waals surface area contributed by atoms with Gasteiger partial charge in [-0.2, -0.15) is 0 Å². The lowest BCUT2D eigenvalue weighted by atomic mass is 10.2. The summed E-state index contributed by atoms with van der Waals surface area (Å²) in [5, 5.41) is 2.73. The Morgan fingerprint density at radius 3 is 2.50 bits per heavy atom. The molecule has 104 valence electrons. The number of rotatable bonds is 3. The van der Waals surface area contributed by atoms with Gasteiger partial charge < -0.3 is 15.8 Å². The van der Waals surface area contributed by atoms with Gasteiger partial charge in [0.2, 0.25) is 11.0 Å². The molecule has 2 aromatic rings. The molecule has 2 amide bonds. The quantitative estimate of drug-likeness (QED) is 0.913. The first-order valence-electron chi connectivity index (χ1n) is 5.60. The Balaban J connectivity index is 2.39. The summed E-state index contributed by atoms with van der Waals surface area (Å²) in [7, 11) is 0. The predicted molar refractivity (Wildman–Crippen MR) is 74.2 cm³/mol. The molecule has 0 aliphatic heterocycles. The van der Waals surface area contributed by atoms with E-state index in [0.29, 0.717) is 10.6 Å². The van der Waals surface area contributed by atoms with Gasteiger partial charge in [0.15, 0.2) is 0 Å². The number of anilines is 1. The zero-order valence-electron chi connectivity index (χ0n) is 10.5. The van der Waals surface area contributed by atoms with E-state index in [2.05, 4.69) is 5.32 Å². The first kappa shape index (κ1) is 14.0. The van der Waals surface area contributed by atoms with Crippen molar-refractivity contribution in [1.29, 1.82) is 0 Å². The van der Waals surface area contributed by atoms with Gasteiger partial charge in [-0.25, -0.2) is 9.18 Å². The molecule has 1 aromatic heterocycles. The maximum Gasteiger partial charge on any atom is 0.410 e. The summed E-state index contributed by atoms with van der Waals surface area (Å²) in [4.78, 5) is 22.7. The summed E-state index contributed by atoms with van der Waals surface area (Å²) in [6, 6.07) is 7.46. The molecular formula is C13H11FN2O3S. The summed E-state index contributed by atoms with van der Waals surface area (Å²) >= 11 is 1.13. The van der Waals surface area contributed by atoms with Crippen LogP contribution >= 0.6 is 11.3 Å². The third-order valence-electron chi connectivity index (χ3n) is 2.33. The van der Waals surface area contributed by atoms with E-state index in [1.54, 1.807) is 18.2 Å². The van der Waals surface area contributed by atoms with Crippen molar-refractivity contribution >= 4 is 29.0 Å². The lowest BCUT2D eigenvalue weighted by Gasteiger charge is -2.01. The lowest BCUT2D eigenvalue weighted by Crippen LogP contribution is -2.16. The monoisotopic (exact) mass is 294 g/mol. The van der Waals surface area contributed by atoms with Crippen molar-refractivity contribution in [1.82, 2.24) is 0 Å². The highest BCUT2D eigenvalue weighted by Crippen LogP contribution is 2.40. The fourth-order valence-electron chi connectivity index (χ4n) is 1.57. The molecule has 1 aromatic carbocycles. The van der Waals surface area contributed by atoms with Crippen LogP contribution in [0.1, 0.15) is 6.92 Å². The zero-order valence-corrected chi connectivity index (χ0v) is 11.3. The van der Waals surface area contributed by atoms with Gasteiger partial charge in [0.05, 0.1) is 5.69 Å². The highest BCUT2D eigenvalue weighted by atomic mass is 32.1. The van der Waals surface area contributed by atoms with Crippen LogP contribution in [0.4, 0.5) is 14.9 Å². The summed E-state index contributed by atoms with van der Waals surface area (Å²) in [5.41, 5.74) is 6.06. The van der Waals surface area contributed by atoms with Gasteiger partial charge >= 0.3 is 6.09 Å². The van der Waals surface area contributed by atoms with Crippen LogP contribution in [0.2, 0.25) is 0 Å². The SMILES string of the molecule is CC(=O)Nc1cc(-c2ccc(F)cc2)sc1OC(N)=O. The summed E-state index contributed by atoms with van der Waals surface area (Å²) < 4.78 is 17.7.